The Hall–Kier alpha value is -1.17. The molecule has 0 saturated heterocycles. The molecule has 6 heteroatoms. The van der Waals surface area contributed by atoms with Gasteiger partial charge in [0.05, 0.1) is 0 Å². The lowest BCUT2D eigenvalue weighted by Gasteiger charge is -2.12. The number of carbonyl (C=O) groups excluding carboxylic acids is 1. The molecule has 1 aliphatic rings. The van der Waals surface area contributed by atoms with E-state index in [9.17, 15) is 18.0 Å². The molecule has 0 unspecified atom stereocenters. The summed E-state index contributed by atoms with van der Waals surface area (Å²) in [6.45, 7) is 0. The molecule has 1 aliphatic carbocycles. The Kier molecular flexibility index (Phi) is 4.39. The Morgan fingerprint density at radius 2 is 1.74 bits per heavy atom. The van der Waals surface area contributed by atoms with Crippen molar-refractivity contribution in [2.45, 2.75) is 42.1 Å². The highest BCUT2D eigenvalue weighted by atomic mass is 32.2. The van der Waals surface area contributed by atoms with E-state index in [1.54, 1.807) is 0 Å². The number of hydrogen-bond donors (Lipinski definition) is 1. The molecule has 104 valence electrons. The predicted octanol–water partition coefficient (Wildman–Crippen LogP) is 3.97. The van der Waals surface area contributed by atoms with Crippen molar-refractivity contribution in [3.8, 4) is 0 Å². The first-order chi connectivity index (χ1) is 8.94. The van der Waals surface area contributed by atoms with E-state index in [0.717, 1.165) is 25.7 Å². The number of hydrogen-bond acceptors (Lipinski definition) is 2. The smallest absolute Gasteiger partial charge is 0.349 e. The van der Waals surface area contributed by atoms with Gasteiger partial charge in [0.1, 0.15) is 0 Å². The normalized spacial score (nSPS) is 16.6. The molecule has 0 aliphatic heterocycles. The molecule has 0 atom stereocenters. The highest BCUT2D eigenvalue weighted by Gasteiger charge is 2.29. The molecule has 1 fully saturated rings. The molecule has 19 heavy (non-hydrogen) atoms. The van der Waals surface area contributed by atoms with Gasteiger partial charge in [-0.15, -0.1) is 0 Å². The third-order valence-corrected chi connectivity index (χ3v) is 3.78. The Bertz CT molecular complexity index is 438. The standard InChI is InChI=1S/C13H14F3NOS/c14-13(15,16)19-11-7-5-9(6-8-11)12(18)17-10-3-1-2-4-10/h5-8,10H,1-4H2,(H,17,18). The average molecular weight is 289 g/mol. The van der Waals surface area contributed by atoms with Gasteiger partial charge in [-0.25, -0.2) is 0 Å². The summed E-state index contributed by atoms with van der Waals surface area (Å²) in [5.41, 5.74) is -3.90. The van der Waals surface area contributed by atoms with Crippen LogP contribution in [0.1, 0.15) is 36.0 Å². The van der Waals surface area contributed by atoms with Crippen LogP contribution in [0.15, 0.2) is 29.2 Å². The van der Waals surface area contributed by atoms with Crippen molar-refractivity contribution in [3.05, 3.63) is 29.8 Å². The van der Waals surface area contributed by atoms with Crippen LogP contribution in [0.2, 0.25) is 0 Å². The van der Waals surface area contributed by atoms with Gasteiger partial charge in [0.25, 0.3) is 5.91 Å². The van der Waals surface area contributed by atoms with Gasteiger partial charge in [-0.05, 0) is 48.9 Å². The van der Waals surface area contributed by atoms with E-state index in [4.69, 9.17) is 0 Å². The monoisotopic (exact) mass is 289 g/mol. The van der Waals surface area contributed by atoms with Crippen molar-refractivity contribution >= 4 is 17.7 Å². The summed E-state index contributed by atoms with van der Waals surface area (Å²) in [4.78, 5) is 11.9. The van der Waals surface area contributed by atoms with Gasteiger partial charge < -0.3 is 5.32 Å². The number of carbonyl (C=O) groups is 1. The van der Waals surface area contributed by atoms with Crippen molar-refractivity contribution in [3.63, 3.8) is 0 Å². The number of nitrogens with one attached hydrogen (secondary N) is 1. The van der Waals surface area contributed by atoms with E-state index in [1.807, 2.05) is 0 Å². The molecule has 0 bridgehead atoms. The number of amides is 1. The van der Waals surface area contributed by atoms with Crippen LogP contribution in [-0.4, -0.2) is 17.5 Å². The van der Waals surface area contributed by atoms with Gasteiger partial charge in [-0.1, -0.05) is 12.8 Å². The van der Waals surface area contributed by atoms with E-state index < -0.39 is 5.51 Å². The van der Waals surface area contributed by atoms with Crippen molar-refractivity contribution in [1.82, 2.24) is 5.32 Å². The van der Waals surface area contributed by atoms with Gasteiger partial charge in [-0.2, -0.15) is 13.2 Å². The van der Waals surface area contributed by atoms with E-state index >= 15 is 0 Å². The van der Waals surface area contributed by atoms with Crippen LogP contribution >= 0.6 is 11.8 Å². The van der Waals surface area contributed by atoms with Crippen LogP contribution in [0.25, 0.3) is 0 Å². The van der Waals surface area contributed by atoms with E-state index in [0.29, 0.717) is 5.56 Å². The molecule has 1 aromatic carbocycles. The van der Waals surface area contributed by atoms with E-state index in [-0.39, 0.29) is 28.6 Å². The summed E-state index contributed by atoms with van der Waals surface area (Å²) in [7, 11) is 0. The summed E-state index contributed by atoms with van der Waals surface area (Å²) < 4.78 is 36.5. The van der Waals surface area contributed by atoms with Gasteiger partial charge in [0.2, 0.25) is 0 Å². The molecule has 0 aromatic heterocycles. The first kappa shape index (κ1) is 14.2. The van der Waals surface area contributed by atoms with E-state index in [1.165, 1.54) is 24.3 Å². The topological polar surface area (TPSA) is 29.1 Å². The van der Waals surface area contributed by atoms with Crippen molar-refractivity contribution in [2.75, 3.05) is 0 Å². The third-order valence-electron chi connectivity index (χ3n) is 3.04. The molecule has 1 amide bonds. The zero-order valence-corrected chi connectivity index (χ0v) is 11.0. The summed E-state index contributed by atoms with van der Waals surface area (Å²) in [5.74, 6) is -0.213. The minimum absolute atomic E-state index is 0.0879. The number of benzene rings is 1. The average Bonchev–Trinajstić information content (AvgIpc) is 2.80. The van der Waals surface area contributed by atoms with E-state index in [2.05, 4.69) is 5.32 Å². The fourth-order valence-corrected chi connectivity index (χ4v) is 2.69. The zero-order chi connectivity index (χ0) is 13.9. The second-order valence-electron chi connectivity index (χ2n) is 4.53. The number of rotatable bonds is 3. The predicted molar refractivity (Wildman–Crippen MR) is 68.1 cm³/mol. The summed E-state index contributed by atoms with van der Waals surface area (Å²) in [5, 5.41) is 2.89. The minimum Gasteiger partial charge on any atom is -0.349 e. The first-order valence-electron chi connectivity index (χ1n) is 6.11. The molecule has 0 radical (unpaired) electrons. The van der Waals surface area contributed by atoms with Crippen LogP contribution in [0.5, 0.6) is 0 Å². The molecule has 2 rings (SSSR count). The molecule has 2 nitrogen and oxygen atoms in total. The Labute approximate surface area is 113 Å². The summed E-state index contributed by atoms with van der Waals surface area (Å²) in [6, 6.07) is 5.71. The fraction of sp³-hybridized carbons (Fsp3) is 0.462. The second kappa shape index (κ2) is 5.86. The fourth-order valence-electron chi connectivity index (χ4n) is 2.15. The van der Waals surface area contributed by atoms with Gasteiger partial charge in [0.15, 0.2) is 0 Å². The van der Waals surface area contributed by atoms with Gasteiger partial charge in [-0.3, -0.25) is 4.79 Å². The molecule has 1 aromatic rings. The molecule has 0 spiro atoms. The number of alkyl halides is 3. The third kappa shape index (κ3) is 4.45. The van der Waals surface area contributed by atoms with Crippen LogP contribution < -0.4 is 5.32 Å². The summed E-state index contributed by atoms with van der Waals surface area (Å²) in [6.07, 6.45) is 4.19. The maximum Gasteiger partial charge on any atom is 0.446 e. The Balaban J connectivity index is 1.95. The zero-order valence-electron chi connectivity index (χ0n) is 10.2. The maximum absolute atomic E-state index is 12.2. The van der Waals surface area contributed by atoms with Crippen LogP contribution in [0, 0.1) is 0 Å². The lowest BCUT2D eigenvalue weighted by molar-refractivity contribution is -0.0328. The quantitative estimate of drug-likeness (QED) is 0.853. The SMILES string of the molecule is O=C(NC1CCCC1)c1ccc(SC(F)(F)F)cc1. The molecular formula is C13H14F3NOS. The largest absolute Gasteiger partial charge is 0.446 e. The highest BCUT2D eigenvalue weighted by Crippen LogP contribution is 2.36. The lowest BCUT2D eigenvalue weighted by Crippen LogP contribution is -2.32. The molecule has 0 heterocycles. The maximum atomic E-state index is 12.2. The highest BCUT2D eigenvalue weighted by molar-refractivity contribution is 8.00. The Morgan fingerprint density at radius 3 is 2.26 bits per heavy atom. The molecule has 1 N–H and O–H groups in total. The van der Waals surface area contributed by atoms with Crippen LogP contribution in [-0.2, 0) is 0 Å². The van der Waals surface area contributed by atoms with Crippen molar-refractivity contribution < 1.29 is 18.0 Å². The minimum atomic E-state index is -4.30. The van der Waals surface area contributed by atoms with Crippen LogP contribution in [0.4, 0.5) is 13.2 Å². The lowest BCUT2D eigenvalue weighted by atomic mass is 10.2. The van der Waals surface area contributed by atoms with Gasteiger partial charge >= 0.3 is 5.51 Å². The first-order valence-corrected chi connectivity index (χ1v) is 6.92. The van der Waals surface area contributed by atoms with Crippen LogP contribution in [0.3, 0.4) is 0 Å². The summed E-state index contributed by atoms with van der Waals surface area (Å²) >= 11 is -0.178. The number of halogens is 3. The second-order valence-corrected chi connectivity index (χ2v) is 5.67. The van der Waals surface area contributed by atoms with Crippen molar-refractivity contribution in [2.24, 2.45) is 0 Å². The van der Waals surface area contributed by atoms with Crippen molar-refractivity contribution in [1.29, 1.82) is 0 Å². The number of thioether (sulfide) groups is 1. The van der Waals surface area contributed by atoms with Gasteiger partial charge in [0, 0.05) is 16.5 Å². The Morgan fingerprint density at radius 1 is 1.16 bits per heavy atom. The molecular weight excluding hydrogens is 275 g/mol. The molecule has 1 saturated carbocycles.